The molecule has 2 aromatic heterocycles. The third-order valence-corrected chi connectivity index (χ3v) is 5.62. The minimum atomic E-state index is -0.177. The fourth-order valence-electron chi connectivity index (χ4n) is 4.02. The molecule has 1 amide bonds. The fraction of sp³-hybridized carbons (Fsp3) is 0.429. The van der Waals surface area contributed by atoms with Crippen LogP contribution in [-0.4, -0.2) is 39.8 Å². The van der Waals surface area contributed by atoms with E-state index in [1.807, 2.05) is 37.4 Å². The number of nitrogens with one attached hydrogen (secondary N) is 1. The fourth-order valence-corrected chi connectivity index (χ4v) is 4.02. The van der Waals surface area contributed by atoms with Crippen LogP contribution in [0.3, 0.4) is 0 Å². The summed E-state index contributed by atoms with van der Waals surface area (Å²) in [5.41, 5.74) is 1.94. The van der Waals surface area contributed by atoms with Gasteiger partial charge in [-0.05, 0) is 37.1 Å². The third-order valence-electron chi connectivity index (χ3n) is 5.62. The lowest BCUT2D eigenvalue weighted by molar-refractivity contribution is -0.124. The SMILES string of the molecule is Cn1c(CCNC(=O)CC2(n3cccc3)CCOCC2)nc2ccccc21. The second kappa shape index (κ2) is 7.56. The zero-order valence-electron chi connectivity index (χ0n) is 15.7. The average Bonchev–Trinajstić information content (AvgIpc) is 3.32. The van der Waals surface area contributed by atoms with Crippen molar-refractivity contribution in [2.75, 3.05) is 19.8 Å². The summed E-state index contributed by atoms with van der Waals surface area (Å²) in [5, 5.41) is 3.09. The van der Waals surface area contributed by atoms with Crippen molar-refractivity contribution in [1.82, 2.24) is 19.4 Å². The van der Waals surface area contributed by atoms with Gasteiger partial charge in [0.1, 0.15) is 5.82 Å². The highest BCUT2D eigenvalue weighted by Crippen LogP contribution is 2.32. The molecule has 0 unspecified atom stereocenters. The van der Waals surface area contributed by atoms with E-state index in [0.717, 1.165) is 36.1 Å². The van der Waals surface area contributed by atoms with Gasteiger partial charge in [-0.3, -0.25) is 4.79 Å². The number of imidazole rings is 1. The molecule has 142 valence electrons. The first kappa shape index (κ1) is 17.8. The van der Waals surface area contributed by atoms with Gasteiger partial charge in [0.2, 0.25) is 5.91 Å². The van der Waals surface area contributed by atoms with Crippen molar-refractivity contribution in [1.29, 1.82) is 0 Å². The Bertz CT molecular complexity index is 908. The highest BCUT2D eigenvalue weighted by Gasteiger charge is 2.36. The molecule has 1 aromatic carbocycles. The summed E-state index contributed by atoms with van der Waals surface area (Å²) in [6.45, 7) is 1.99. The van der Waals surface area contributed by atoms with E-state index in [2.05, 4.69) is 37.9 Å². The van der Waals surface area contributed by atoms with E-state index in [9.17, 15) is 4.79 Å². The molecule has 0 aliphatic carbocycles. The standard InChI is InChI=1S/C21H26N4O2/c1-24-18-7-3-2-6-17(18)23-19(24)8-11-22-20(26)16-21(9-14-27-15-10-21)25-12-4-5-13-25/h2-7,12-13H,8-11,14-16H2,1H3,(H,22,26). The Morgan fingerprint density at radius 2 is 1.93 bits per heavy atom. The van der Waals surface area contributed by atoms with Crippen molar-refractivity contribution in [3.05, 3.63) is 54.6 Å². The Kier molecular flexibility index (Phi) is 4.99. The molecule has 27 heavy (non-hydrogen) atoms. The molecule has 6 heteroatoms. The number of benzene rings is 1. The maximum Gasteiger partial charge on any atom is 0.222 e. The first-order chi connectivity index (χ1) is 13.2. The molecule has 0 spiro atoms. The molecule has 0 atom stereocenters. The number of hydrogen-bond donors (Lipinski definition) is 1. The van der Waals surface area contributed by atoms with Crippen molar-refractivity contribution in [3.63, 3.8) is 0 Å². The Morgan fingerprint density at radius 3 is 2.67 bits per heavy atom. The van der Waals surface area contributed by atoms with Crippen molar-refractivity contribution in [3.8, 4) is 0 Å². The third kappa shape index (κ3) is 3.62. The first-order valence-corrected chi connectivity index (χ1v) is 9.56. The first-order valence-electron chi connectivity index (χ1n) is 9.56. The summed E-state index contributed by atoms with van der Waals surface area (Å²) in [4.78, 5) is 17.3. The van der Waals surface area contributed by atoms with Gasteiger partial charge in [0.05, 0.1) is 23.0 Å². The maximum atomic E-state index is 12.7. The van der Waals surface area contributed by atoms with E-state index < -0.39 is 0 Å². The van der Waals surface area contributed by atoms with Crippen molar-refractivity contribution in [2.45, 2.75) is 31.2 Å². The molecular formula is C21H26N4O2. The van der Waals surface area contributed by atoms with Crippen molar-refractivity contribution >= 4 is 16.9 Å². The highest BCUT2D eigenvalue weighted by atomic mass is 16.5. The molecule has 0 saturated carbocycles. The van der Waals surface area contributed by atoms with Crippen molar-refractivity contribution < 1.29 is 9.53 Å². The number of hydrogen-bond acceptors (Lipinski definition) is 3. The van der Waals surface area contributed by atoms with E-state index in [0.29, 0.717) is 26.2 Å². The monoisotopic (exact) mass is 366 g/mol. The van der Waals surface area contributed by atoms with Gasteiger partial charge in [-0.1, -0.05) is 12.1 Å². The number of carbonyl (C=O) groups is 1. The van der Waals surface area contributed by atoms with Crippen LogP contribution in [-0.2, 0) is 28.5 Å². The minimum Gasteiger partial charge on any atom is -0.381 e. The largest absolute Gasteiger partial charge is 0.381 e. The minimum absolute atomic E-state index is 0.0874. The van der Waals surface area contributed by atoms with E-state index in [1.54, 1.807) is 0 Å². The van der Waals surface area contributed by atoms with Gasteiger partial charge in [-0.25, -0.2) is 4.98 Å². The van der Waals surface area contributed by atoms with Gasteiger partial charge in [-0.15, -0.1) is 0 Å². The number of aryl methyl sites for hydroxylation is 1. The molecule has 1 aliphatic heterocycles. The molecule has 3 heterocycles. The van der Waals surface area contributed by atoms with Crippen LogP contribution >= 0.6 is 0 Å². The molecule has 0 radical (unpaired) electrons. The van der Waals surface area contributed by atoms with Gasteiger partial charge in [0, 0.05) is 45.6 Å². The quantitative estimate of drug-likeness (QED) is 0.730. The van der Waals surface area contributed by atoms with Crippen LogP contribution in [0, 0.1) is 0 Å². The van der Waals surface area contributed by atoms with Gasteiger partial charge < -0.3 is 19.2 Å². The lowest BCUT2D eigenvalue weighted by Crippen LogP contribution is -2.43. The molecule has 6 nitrogen and oxygen atoms in total. The average molecular weight is 366 g/mol. The van der Waals surface area contributed by atoms with Crippen molar-refractivity contribution in [2.24, 2.45) is 7.05 Å². The molecule has 0 bridgehead atoms. The van der Waals surface area contributed by atoms with Gasteiger partial charge in [0.25, 0.3) is 0 Å². The summed E-state index contributed by atoms with van der Waals surface area (Å²) < 4.78 is 9.81. The Morgan fingerprint density at radius 1 is 1.19 bits per heavy atom. The number of ether oxygens (including phenoxy) is 1. The number of nitrogens with zero attached hydrogens (tertiary/aromatic N) is 3. The number of amides is 1. The zero-order chi connectivity index (χ0) is 18.7. The predicted molar refractivity (Wildman–Crippen MR) is 105 cm³/mol. The van der Waals surface area contributed by atoms with Crippen LogP contribution in [0.25, 0.3) is 11.0 Å². The lowest BCUT2D eigenvalue weighted by atomic mass is 9.86. The van der Waals surface area contributed by atoms with E-state index in [-0.39, 0.29) is 11.4 Å². The van der Waals surface area contributed by atoms with E-state index in [4.69, 9.17) is 4.74 Å². The molecule has 4 rings (SSSR count). The molecule has 1 fully saturated rings. The van der Waals surface area contributed by atoms with Crippen LogP contribution in [0.2, 0.25) is 0 Å². The number of para-hydroxylation sites is 2. The molecular weight excluding hydrogens is 340 g/mol. The van der Waals surface area contributed by atoms with E-state index in [1.165, 1.54) is 0 Å². The number of carbonyl (C=O) groups excluding carboxylic acids is 1. The summed E-state index contributed by atoms with van der Waals surface area (Å²) >= 11 is 0. The molecule has 1 aliphatic rings. The second-order valence-corrected chi connectivity index (χ2v) is 7.28. The van der Waals surface area contributed by atoms with Gasteiger partial charge in [-0.2, -0.15) is 0 Å². The topological polar surface area (TPSA) is 61.1 Å². The molecule has 1 N–H and O–H groups in total. The Balaban J connectivity index is 1.38. The zero-order valence-corrected chi connectivity index (χ0v) is 15.7. The second-order valence-electron chi connectivity index (χ2n) is 7.28. The van der Waals surface area contributed by atoms with Crippen LogP contribution in [0.4, 0.5) is 0 Å². The highest BCUT2D eigenvalue weighted by molar-refractivity contribution is 5.77. The summed E-state index contributed by atoms with van der Waals surface area (Å²) in [6, 6.07) is 12.1. The molecule has 3 aromatic rings. The number of rotatable bonds is 6. The smallest absolute Gasteiger partial charge is 0.222 e. The summed E-state index contributed by atoms with van der Waals surface area (Å²) in [5.74, 6) is 1.08. The molecule has 1 saturated heterocycles. The van der Waals surface area contributed by atoms with Crippen LogP contribution < -0.4 is 5.32 Å². The Hall–Kier alpha value is -2.60. The van der Waals surface area contributed by atoms with E-state index >= 15 is 0 Å². The normalized spacial score (nSPS) is 16.5. The maximum absolute atomic E-state index is 12.7. The van der Waals surface area contributed by atoms with Crippen LogP contribution in [0.15, 0.2) is 48.8 Å². The van der Waals surface area contributed by atoms with Gasteiger partial charge in [0.15, 0.2) is 0 Å². The number of fused-ring (bicyclic) bond motifs is 1. The summed E-state index contributed by atoms with van der Waals surface area (Å²) in [6.07, 6.45) is 7.03. The van der Waals surface area contributed by atoms with Crippen LogP contribution in [0.5, 0.6) is 0 Å². The predicted octanol–water partition coefficient (Wildman–Crippen LogP) is 2.63. The summed E-state index contributed by atoms with van der Waals surface area (Å²) in [7, 11) is 2.02. The Labute approximate surface area is 159 Å². The lowest BCUT2D eigenvalue weighted by Gasteiger charge is -2.38. The van der Waals surface area contributed by atoms with Gasteiger partial charge >= 0.3 is 0 Å². The number of aromatic nitrogens is 3. The van der Waals surface area contributed by atoms with Crippen LogP contribution in [0.1, 0.15) is 25.1 Å².